The fourth-order valence-corrected chi connectivity index (χ4v) is 5.49. The van der Waals surface area contributed by atoms with E-state index < -0.39 is 0 Å². The second-order valence-corrected chi connectivity index (χ2v) is 8.70. The van der Waals surface area contributed by atoms with Crippen molar-refractivity contribution < 1.29 is 9.59 Å². The van der Waals surface area contributed by atoms with Crippen molar-refractivity contribution in [2.24, 2.45) is 5.92 Å². The Labute approximate surface area is 157 Å². The van der Waals surface area contributed by atoms with Gasteiger partial charge in [0.1, 0.15) is 0 Å². The van der Waals surface area contributed by atoms with Gasteiger partial charge in [0.05, 0.1) is 12.1 Å². The molecular weight excluding hydrogens is 328 g/mol. The lowest BCUT2D eigenvalue weighted by Gasteiger charge is -2.40. The molecule has 3 saturated heterocycles. The Balaban J connectivity index is 1.33. The van der Waals surface area contributed by atoms with E-state index in [-0.39, 0.29) is 18.1 Å². The molecule has 3 amide bonds. The molecule has 146 valence electrons. The largest absolute Gasteiger partial charge is 0.340 e. The number of nitrogens with zero attached hydrogens (tertiary/aromatic N) is 2. The van der Waals surface area contributed by atoms with E-state index >= 15 is 0 Å². The van der Waals surface area contributed by atoms with Crippen LogP contribution < -0.4 is 10.6 Å². The summed E-state index contributed by atoms with van der Waals surface area (Å²) in [5.74, 6) is 0.886. The molecule has 4 aliphatic rings. The number of amides is 3. The molecule has 3 heterocycles. The van der Waals surface area contributed by atoms with E-state index in [0.717, 1.165) is 38.9 Å². The second-order valence-electron chi connectivity index (χ2n) is 8.70. The van der Waals surface area contributed by atoms with Crippen molar-refractivity contribution in [2.75, 3.05) is 26.2 Å². The fraction of sp³-hybridized carbons (Fsp3) is 0.900. The summed E-state index contributed by atoms with van der Waals surface area (Å²) in [5, 5.41) is 6.55. The van der Waals surface area contributed by atoms with Crippen LogP contribution in [0.1, 0.15) is 64.2 Å². The minimum Gasteiger partial charge on any atom is -0.340 e. The van der Waals surface area contributed by atoms with E-state index in [1.54, 1.807) is 0 Å². The van der Waals surface area contributed by atoms with Gasteiger partial charge < -0.3 is 20.4 Å². The lowest BCUT2D eigenvalue weighted by atomic mass is 9.93. The molecule has 0 bridgehead atoms. The van der Waals surface area contributed by atoms with Gasteiger partial charge in [0.15, 0.2) is 0 Å². The number of carbonyl (C=O) groups excluding carboxylic acids is 2. The van der Waals surface area contributed by atoms with Gasteiger partial charge in [-0.15, -0.1) is 0 Å². The highest BCUT2D eigenvalue weighted by Gasteiger charge is 2.46. The Morgan fingerprint density at radius 3 is 2.46 bits per heavy atom. The summed E-state index contributed by atoms with van der Waals surface area (Å²) < 4.78 is 0. The molecule has 26 heavy (non-hydrogen) atoms. The van der Waals surface area contributed by atoms with E-state index in [0.29, 0.717) is 30.8 Å². The molecule has 2 unspecified atom stereocenters. The molecule has 3 aliphatic heterocycles. The average molecular weight is 363 g/mol. The highest BCUT2D eigenvalue weighted by atomic mass is 16.2. The number of carbonyl (C=O) groups is 2. The van der Waals surface area contributed by atoms with Crippen LogP contribution in [0.4, 0.5) is 4.79 Å². The minimum atomic E-state index is 0.0879. The van der Waals surface area contributed by atoms with Crippen LogP contribution in [0.2, 0.25) is 0 Å². The maximum absolute atomic E-state index is 12.8. The SMILES string of the molecule is O=C(CC1CCCCCC1)N1CCC2C(C1)NC(=O)N2C1CCNCC1. The van der Waals surface area contributed by atoms with Crippen molar-refractivity contribution >= 4 is 11.9 Å². The molecule has 2 atom stereocenters. The quantitative estimate of drug-likeness (QED) is 0.756. The van der Waals surface area contributed by atoms with Gasteiger partial charge in [-0.1, -0.05) is 25.7 Å². The van der Waals surface area contributed by atoms with Crippen molar-refractivity contribution in [3.8, 4) is 0 Å². The first-order chi connectivity index (χ1) is 12.7. The van der Waals surface area contributed by atoms with Crippen LogP contribution in [-0.2, 0) is 4.79 Å². The van der Waals surface area contributed by atoms with E-state index in [2.05, 4.69) is 15.5 Å². The third-order valence-electron chi connectivity index (χ3n) is 6.97. The van der Waals surface area contributed by atoms with Crippen molar-refractivity contribution in [1.82, 2.24) is 20.4 Å². The molecule has 0 radical (unpaired) electrons. The predicted molar refractivity (Wildman–Crippen MR) is 101 cm³/mol. The molecule has 1 aliphatic carbocycles. The first-order valence-electron chi connectivity index (χ1n) is 10.8. The number of rotatable bonds is 3. The number of urea groups is 1. The summed E-state index contributed by atoms with van der Waals surface area (Å²) in [6.45, 7) is 3.50. The van der Waals surface area contributed by atoms with E-state index in [1.165, 1.54) is 38.5 Å². The molecule has 1 saturated carbocycles. The Hall–Kier alpha value is -1.30. The summed E-state index contributed by atoms with van der Waals surface area (Å²) in [6, 6.07) is 0.834. The van der Waals surface area contributed by atoms with Gasteiger partial charge in [0.2, 0.25) is 5.91 Å². The van der Waals surface area contributed by atoms with Gasteiger partial charge in [-0.05, 0) is 51.1 Å². The molecule has 4 rings (SSSR count). The zero-order valence-corrected chi connectivity index (χ0v) is 15.9. The van der Waals surface area contributed by atoms with Gasteiger partial charge in [-0.2, -0.15) is 0 Å². The molecule has 6 heteroatoms. The Kier molecular flexibility index (Phi) is 5.67. The van der Waals surface area contributed by atoms with Crippen LogP contribution in [0, 0.1) is 5.92 Å². The second kappa shape index (κ2) is 8.15. The van der Waals surface area contributed by atoms with Crippen molar-refractivity contribution in [3.63, 3.8) is 0 Å². The van der Waals surface area contributed by atoms with Gasteiger partial charge in [0, 0.05) is 25.6 Å². The summed E-state index contributed by atoms with van der Waals surface area (Å²) in [4.78, 5) is 29.5. The summed E-state index contributed by atoms with van der Waals surface area (Å²) in [6.07, 6.45) is 11.4. The lowest BCUT2D eigenvalue weighted by molar-refractivity contribution is -0.134. The van der Waals surface area contributed by atoms with Crippen LogP contribution >= 0.6 is 0 Å². The third-order valence-corrected chi connectivity index (χ3v) is 6.97. The van der Waals surface area contributed by atoms with Crippen molar-refractivity contribution in [1.29, 1.82) is 0 Å². The number of piperidine rings is 2. The van der Waals surface area contributed by atoms with E-state index in [9.17, 15) is 9.59 Å². The summed E-state index contributed by atoms with van der Waals surface area (Å²) in [7, 11) is 0. The molecular formula is C20H34N4O2. The number of hydrogen-bond donors (Lipinski definition) is 2. The normalized spacial score (nSPS) is 31.5. The maximum atomic E-state index is 12.8. The van der Waals surface area contributed by atoms with Gasteiger partial charge >= 0.3 is 6.03 Å². The highest BCUT2D eigenvalue weighted by Crippen LogP contribution is 2.30. The molecule has 6 nitrogen and oxygen atoms in total. The molecule has 0 aromatic heterocycles. The minimum absolute atomic E-state index is 0.0879. The van der Waals surface area contributed by atoms with E-state index in [1.807, 2.05) is 4.90 Å². The molecule has 0 spiro atoms. The number of nitrogens with one attached hydrogen (secondary N) is 2. The maximum Gasteiger partial charge on any atom is 0.318 e. The monoisotopic (exact) mass is 362 g/mol. The first-order valence-corrected chi connectivity index (χ1v) is 10.8. The smallest absolute Gasteiger partial charge is 0.318 e. The standard InChI is InChI=1S/C20H34N4O2/c25-19(13-15-5-3-1-2-4-6-15)23-12-9-18-17(14-23)22-20(26)24(18)16-7-10-21-11-8-16/h15-18,21H,1-14H2,(H,22,26). The van der Waals surface area contributed by atoms with Crippen LogP contribution in [0.3, 0.4) is 0 Å². The fourth-order valence-electron chi connectivity index (χ4n) is 5.49. The van der Waals surface area contributed by atoms with Gasteiger partial charge in [-0.25, -0.2) is 4.79 Å². The Morgan fingerprint density at radius 1 is 1.00 bits per heavy atom. The van der Waals surface area contributed by atoms with Crippen LogP contribution in [0.15, 0.2) is 0 Å². The van der Waals surface area contributed by atoms with Crippen molar-refractivity contribution in [3.05, 3.63) is 0 Å². The van der Waals surface area contributed by atoms with Gasteiger partial charge in [-0.3, -0.25) is 4.79 Å². The number of likely N-dealkylation sites (tertiary alicyclic amines) is 1. The molecule has 4 fully saturated rings. The molecule has 0 aromatic rings. The lowest BCUT2D eigenvalue weighted by Crippen LogP contribution is -2.55. The molecule has 0 aromatic carbocycles. The van der Waals surface area contributed by atoms with Crippen LogP contribution in [0.25, 0.3) is 0 Å². The van der Waals surface area contributed by atoms with Crippen LogP contribution in [0.5, 0.6) is 0 Å². The summed E-state index contributed by atoms with van der Waals surface area (Å²) in [5.41, 5.74) is 0. The van der Waals surface area contributed by atoms with Gasteiger partial charge in [0.25, 0.3) is 0 Å². The number of hydrogen-bond acceptors (Lipinski definition) is 3. The Morgan fingerprint density at radius 2 is 1.73 bits per heavy atom. The Bertz CT molecular complexity index is 512. The highest BCUT2D eigenvalue weighted by molar-refractivity contribution is 5.80. The average Bonchev–Trinajstić information content (AvgIpc) is 2.81. The first kappa shape index (κ1) is 18.1. The van der Waals surface area contributed by atoms with Crippen molar-refractivity contribution in [2.45, 2.75) is 82.3 Å². The summed E-state index contributed by atoms with van der Waals surface area (Å²) >= 11 is 0. The molecule has 2 N–H and O–H groups in total. The topological polar surface area (TPSA) is 64.7 Å². The van der Waals surface area contributed by atoms with Crippen LogP contribution in [-0.4, -0.2) is 66.0 Å². The third kappa shape index (κ3) is 3.85. The predicted octanol–water partition coefficient (Wildman–Crippen LogP) is 2.09. The number of fused-ring (bicyclic) bond motifs is 1. The zero-order chi connectivity index (χ0) is 17.9. The van der Waals surface area contributed by atoms with E-state index in [4.69, 9.17) is 0 Å². The zero-order valence-electron chi connectivity index (χ0n) is 15.9.